The van der Waals surface area contributed by atoms with E-state index in [1.807, 2.05) is 0 Å². The van der Waals surface area contributed by atoms with E-state index < -0.39 is 29.7 Å². The van der Waals surface area contributed by atoms with Crippen molar-refractivity contribution in [2.24, 2.45) is 0 Å². The molecule has 7 nitrogen and oxygen atoms in total. The number of aromatic amines is 1. The van der Waals surface area contributed by atoms with E-state index in [4.69, 9.17) is 4.74 Å². The minimum Gasteiger partial charge on any atom is -0.494 e. The van der Waals surface area contributed by atoms with Crippen LogP contribution in [0.4, 0.5) is 17.6 Å². The third-order valence-electron chi connectivity index (χ3n) is 4.84. The van der Waals surface area contributed by atoms with Gasteiger partial charge in [0.1, 0.15) is 17.3 Å². The van der Waals surface area contributed by atoms with Gasteiger partial charge in [0.2, 0.25) is 0 Å². The fraction of sp³-hybridized carbons (Fsp3) is 0.261. The molecule has 2 N–H and O–H groups in total. The van der Waals surface area contributed by atoms with Gasteiger partial charge in [0, 0.05) is 12.5 Å². The van der Waals surface area contributed by atoms with E-state index in [9.17, 15) is 27.2 Å². The Morgan fingerprint density at radius 1 is 1.15 bits per heavy atom. The van der Waals surface area contributed by atoms with E-state index in [0.717, 1.165) is 18.2 Å². The maximum absolute atomic E-state index is 13.9. The number of carbonyl (C=O) groups is 1. The van der Waals surface area contributed by atoms with Crippen LogP contribution in [0.25, 0.3) is 0 Å². The topological polar surface area (TPSA) is 93.3 Å². The molecule has 3 rings (SSSR count). The van der Waals surface area contributed by atoms with Crippen molar-refractivity contribution >= 4 is 5.91 Å². The molecule has 2 aromatic carbocycles. The number of nitrogens with one attached hydrogen (secondary N) is 2. The van der Waals surface area contributed by atoms with Crippen molar-refractivity contribution in [2.75, 3.05) is 7.11 Å². The molecule has 0 radical (unpaired) electrons. The van der Waals surface area contributed by atoms with E-state index in [0.29, 0.717) is 17.5 Å². The summed E-state index contributed by atoms with van der Waals surface area (Å²) in [5.41, 5.74) is 0.338. The van der Waals surface area contributed by atoms with Crippen LogP contribution in [0.3, 0.4) is 0 Å². The Morgan fingerprint density at radius 3 is 2.44 bits per heavy atom. The molecule has 1 heterocycles. The first kappa shape index (κ1) is 24.7. The molecule has 0 saturated heterocycles. The smallest absolute Gasteiger partial charge is 0.494 e. The number of nitrogens with zero attached hydrogens (tertiary/aromatic N) is 1. The number of halogens is 4. The highest BCUT2D eigenvalue weighted by molar-refractivity contribution is 5.92. The lowest BCUT2D eigenvalue weighted by Gasteiger charge is -2.18. The quantitative estimate of drug-likeness (QED) is 0.471. The number of alkyl halides is 3. The summed E-state index contributed by atoms with van der Waals surface area (Å²) in [6.07, 6.45) is -4.32. The number of hydrogen-bond acceptors (Lipinski definition) is 5. The highest BCUT2D eigenvalue weighted by atomic mass is 19.4. The van der Waals surface area contributed by atoms with Gasteiger partial charge < -0.3 is 19.8 Å². The van der Waals surface area contributed by atoms with Gasteiger partial charge in [0.05, 0.1) is 13.2 Å². The third kappa shape index (κ3) is 6.56. The Labute approximate surface area is 191 Å². The average molecular weight is 479 g/mol. The van der Waals surface area contributed by atoms with Crippen molar-refractivity contribution in [3.8, 4) is 11.5 Å². The highest BCUT2D eigenvalue weighted by Gasteiger charge is 2.31. The molecule has 0 fully saturated rings. The minimum atomic E-state index is -4.80. The molecule has 1 unspecified atom stereocenters. The predicted molar refractivity (Wildman–Crippen MR) is 114 cm³/mol. The van der Waals surface area contributed by atoms with Gasteiger partial charge in [-0.1, -0.05) is 25.1 Å². The molecule has 0 spiro atoms. The number of carbonyl (C=O) groups excluding carboxylic acids is 1. The Kier molecular flexibility index (Phi) is 7.54. The number of methoxy groups -OCH3 is 1. The van der Waals surface area contributed by atoms with Crippen LogP contribution >= 0.6 is 0 Å². The van der Waals surface area contributed by atoms with Crippen molar-refractivity contribution in [2.45, 2.75) is 32.2 Å². The Morgan fingerprint density at radius 2 is 1.85 bits per heavy atom. The molecule has 1 atom stereocenters. The van der Waals surface area contributed by atoms with Crippen LogP contribution < -0.4 is 20.3 Å². The first-order valence-electron chi connectivity index (χ1n) is 10.2. The van der Waals surface area contributed by atoms with E-state index in [1.54, 1.807) is 13.0 Å². The fourth-order valence-electron chi connectivity index (χ4n) is 3.28. The summed E-state index contributed by atoms with van der Waals surface area (Å²) in [6.45, 7) is 1.78. The van der Waals surface area contributed by atoms with Gasteiger partial charge in [-0.2, -0.15) is 0 Å². The summed E-state index contributed by atoms with van der Waals surface area (Å²) in [5.74, 6) is -1.37. The van der Waals surface area contributed by atoms with Gasteiger partial charge in [-0.15, -0.1) is 13.2 Å². The monoisotopic (exact) mass is 479 g/mol. The van der Waals surface area contributed by atoms with Gasteiger partial charge in [0.25, 0.3) is 11.5 Å². The number of rotatable bonds is 8. The largest absolute Gasteiger partial charge is 0.573 e. The summed E-state index contributed by atoms with van der Waals surface area (Å²) in [5, 5.41) is 2.72. The Balaban J connectivity index is 1.75. The molecule has 0 saturated carbocycles. The number of ether oxygens (including phenoxy) is 2. The lowest BCUT2D eigenvalue weighted by atomic mass is 10.0. The standard InChI is InChI=1S/C23H21F4N3O4/c1-3-17(14-5-7-15(8-6-14)34-23(25,26)27)29-22(32)18-12-21(31)30-20(28-18)11-13-4-9-19(33-2)16(24)10-13/h4-10,12,17H,3,11H2,1-2H3,(H,29,32)(H,28,30,31). The lowest BCUT2D eigenvalue weighted by Crippen LogP contribution is -2.30. The molecule has 34 heavy (non-hydrogen) atoms. The normalized spacial score (nSPS) is 12.2. The zero-order valence-corrected chi connectivity index (χ0v) is 18.2. The third-order valence-corrected chi connectivity index (χ3v) is 4.84. The predicted octanol–water partition coefficient (Wildman–Crippen LogP) is 4.29. The second-order valence-electron chi connectivity index (χ2n) is 7.27. The molecular weight excluding hydrogens is 458 g/mol. The van der Waals surface area contributed by atoms with Crippen molar-refractivity contribution in [1.82, 2.24) is 15.3 Å². The van der Waals surface area contributed by atoms with Crippen LogP contribution in [0.15, 0.2) is 53.3 Å². The number of amides is 1. The first-order valence-corrected chi connectivity index (χ1v) is 10.2. The minimum absolute atomic E-state index is 0.0646. The van der Waals surface area contributed by atoms with Crippen LogP contribution in [0, 0.1) is 5.82 Å². The van der Waals surface area contributed by atoms with Crippen LogP contribution in [0.2, 0.25) is 0 Å². The maximum Gasteiger partial charge on any atom is 0.573 e. The molecule has 1 amide bonds. The zero-order chi connectivity index (χ0) is 24.9. The molecule has 180 valence electrons. The summed E-state index contributed by atoms with van der Waals surface area (Å²) in [6, 6.07) is 9.88. The molecule has 0 aliphatic rings. The molecule has 0 bridgehead atoms. The van der Waals surface area contributed by atoms with E-state index in [1.165, 1.54) is 31.4 Å². The number of benzene rings is 2. The van der Waals surface area contributed by atoms with Crippen molar-refractivity contribution in [3.63, 3.8) is 0 Å². The average Bonchev–Trinajstić information content (AvgIpc) is 2.76. The van der Waals surface area contributed by atoms with E-state index in [2.05, 4.69) is 20.0 Å². The van der Waals surface area contributed by atoms with Gasteiger partial charge in [0.15, 0.2) is 11.6 Å². The van der Waals surface area contributed by atoms with Crippen LogP contribution in [0.5, 0.6) is 11.5 Å². The second kappa shape index (κ2) is 10.4. The molecule has 3 aromatic rings. The molecule has 0 aliphatic carbocycles. The van der Waals surface area contributed by atoms with E-state index >= 15 is 0 Å². The van der Waals surface area contributed by atoms with Crippen molar-refractivity contribution in [1.29, 1.82) is 0 Å². The maximum atomic E-state index is 13.9. The zero-order valence-electron chi connectivity index (χ0n) is 18.2. The molecule has 0 aliphatic heterocycles. The van der Waals surface area contributed by atoms with Crippen LogP contribution in [-0.2, 0) is 6.42 Å². The lowest BCUT2D eigenvalue weighted by molar-refractivity contribution is -0.274. The van der Waals surface area contributed by atoms with Gasteiger partial charge in [-0.3, -0.25) is 9.59 Å². The van der Waals surface area contributed by atoms with Gasteiger partial charge in [-0.25, -0.2) is 9.37 Å². The van der Waals surface area contributed by atoms with Gasteiger partial charge in [-0.05, 0) is 41.8 Å². The van der Waals surface area contributed by atoms with Gasteiger partial charge >= 0.3 is 6.36 Å². The molecule has 1 aromatic heterocycles. The summed E-state index contributed by atoms with van der Waals surface area (Å²) >= 11 is 0. The molecule has 11 heteroatoms. The first-order chi connectivity index (χ1) is 16.1. The van der Waals surface area contributed by atoms with Crippen LogP contribution in [0.1, 0.15) is 46.8 Å². The summed E-state index contributed by atoms with van der Waals surface area (Å²) in [4.78, 5) is 31.5. The SMILES string of the molecule is CCC(NC(=O)c1cc(=O)[nH]c(Cc2ccc(OC)c(F)c2)n1)c1ccc(OC(F)(F)F)cc1. The van der Waals surface area contributed by atoms with Crippen molar-refractivity contribution < 1.29 is 31.8 Å². The van der Waals surface area contributed by atoms with E-state index in [-0.39, 0.29) is 29.4 Å². The second-order valence-corrected chi connectivity index (χ2v) is 7.27. The van der Waals surface area contributed by atoms with Crippen LogP contribution in [-0.4, -0.2) is 29.3 Å². The molecular formula is C23H21F4N3O4. The fourth-order valence-corrected chi connectivity index (χ4v) is 3.28. The highest BCUT2D eigenvalue weighted by Crippen LogP contribution is 2.25. The number of aromatic nitrogens is 2. The Hall–Kier alpha value is -3.89. The Bertz CT molecular complexity index is 1210. The summed E-state index contributed by atoms with van der Waals surface area (Å²) in [7, 11) is 1.34. The number of H-pyrrole nitrogens is 1. The number of hydrogen-bond donors (Lipinski definition) is 2. The summed E-state index contributed by atoms with van der Waals surface area (Å²) < 4.78 is 59.7. The van der Waals surface area contributed by atoms with Crippen molar-refractivity contribution in [3.05, 3.63) is 87.3 Å².